The zero-order chi connectivity index (χ0) is 31.8. The first-order valence-electron chi connectivity index (χ1n) is 15.8. The van der Waals surface area contributed by atoms with Gasteiger partial charge in [-0.15, -0.1) is 0 Å². The molecule has 4 nitrogen and oxygen atoms in total. The van der Waals surface area contributed by atoms with Gasteiger partial charge in [-0.2, -0.15) is 0 Å². The maximum Gasteiger partial charge on any atom is 0.227 e. The molecule has 0 amide bonds. The van der Waals surface area contributed by atoms with E-state index in [-0.39, 0.29) is 11.1 Å². The number of hydrogen-bond donors (Lipinski definition) is 0. The Bertz CT molecular complexity index is 2240. The topological polar surface area (TPSA) is 43.9 Å². The van der Waals surface area contributed by atoms with E-state index < -0.39 is 13.7 Å². The van der Waals surface area contributed by atoms with E-state index in [0.717, 1.165) is 38.8 Å². The van der Waals surface area contributed by atoms with Gasteiger partial charge in [0.05, 0.1) is 27.7 Å². The summed E-state index contributed by atoms with van der Waals surface area (Å²) in [7, 11) is 0. The zero-order valence-corrected chi connectivity index (χ0v) is 21.8. The number of pyridine rings is 1. The summed E-state index contributed by atoms with van der Waals surface area (Å²) in [5.74, 6) is 0.714. The predicted molar refractivity (Wildman–Crippen MR) is 161 cm³/mol. The lowest BCUT2D eigenvalue weighted by atomic mass is 9.97. The Balaban J connectivity index is 1.53. The Labute approximate surface area is 236 Å². The van der Waals surface area contributed by atoms with Crippen molar-refractivity contribution >= 4 is 33.1 Å². The molecule has 0 fully saturated rings. The van der Waals surface area contributed by atoms with Crippen molar-refractivity contribution in [1.82, 2.24) is 14.5 Å². The molecule has 7 rings (SSSR count). The Morgan fingerprint density at radius 2 is 1.54 bits per heavy atom. The number of hydrogen-bond acceptors (Lipinski definition) is 3. The molecule has 0 saturated carbocycles. The average Bonchev–Trinajstić information content (AvgIpc) is 3.54. The first-order chi connectivity index (χ1) is 21.3. The van der Waals surface area contributed by atoms with Crippen LogP contribution in [0, 0.1) is 34.5 Å². The molecule has 0 saturated heterocycles. The third kappa shape index (κ3) is 3.67. The number of aromatic nitrogens is 3. The Morgan fingerprint density at radius 3 is 2.31 bits per heavy atom. The van der Waals surface area contributed by atoms with Crippen molar-refractivity contribution in [2.75, 3.05) is 0 Å². The second kappa shape index (κ2) is 8.67. The summed E-state index contributed by atoms with van der Waals surface area (Å²) in [6.07, 6.45) is 1.59. The number of para-hydroxylation sites is 3. The van der Waals surface area contributed by atoms with Crippen LogP contribution >= 0.6 is 0 Å². The number of rotatable bonds is 3. The molecule has 0 N–H and O–H groups in total. The first kappa shape index (κ1) is 17.7. The minimum absolute atomic E-state index is 0.0397. The van der Waals surface area contributed by atoms with Crippen molar-refractivity contribution in [3.63, 3.8) is 0 Å². The van der Waals surface area contributed by atoms with Crippen molar-refractivity contribution in [2.45, 2.75) is 34.5 Å². The molecule has 0 aliphatic heterocycles. The summed E-state index contributed by atoms with van der Waals surface area (Å²) in [5.41, 5.74) is 9.01. The highest BCUT2D eigenvalue weighted by Crippen LogP contribution is 2.41. The SMILES string of the molecule is [2H]C([2H])([2H])c1cc(-c2ccnc3oc4c(-c5nc6ccccc6n5-c5c(C)cc(C)cc5C)cccc4c23)cc(C([2H])([2H])[2H])c1. The van der Waals surface area contributed by atoms with E-state index >= 15 is 0 Å². The summed E-state index contributed by atoms with van der Waals surface area (Å²) >= 11 is 0. The van der Waals surface area contributed by atoms with E-state index in [0.29, 0.717) is 33.6 Å². The number of aryl methyl sites for hydroxylation is 5. The highest BCUT2D eigenvalue weighted by atomic mass is 16.3. The first-order valence-corrected chi connectivity index (χ1v) is 12.8. The second-order valence-electron chi connectivity index (χ2n) is 10.1. The highest BCUT2D eigenvalue weighted by Gasteiger charge is 2.22. The Kier molecular flexibility index (Phi) is 3.94. The van der Waals surface area contributed by atoms with Gasteiger partial charge in [-0.3, -0.25) is 4.57 Å². The molecule has 0 unspecified atom stereocenters. The van der Waals surface area contributed by atoms with Crippen molar-refractivity contribution < 1.29 is 12.6 Å². The largest absolute Gasteiger partial charge is 0.437 e. The summed E-state index contributed by atoms with van der Waals surface area (Å²) in [4.78, 5) is 9.63. The van der Waals surface area contributed by atoms with Crippen molar-refractivity contribution in [3.05, 3.63) is 113 Å². The lowest BCUT2D eigenvalue weighted by Crippen LogP contribution is -2.03. The molecule has 39 heavy (non-hydrogen) atoms. The van der Waals surface area contributed by atoms with Crippen LogP contribution in [0.15, 0.2) is 89.5 Å². The summed E-state index contributed by atoms with van der Waals surface area (Å²) in [6.45, 7) is 1.32. The third-order valence-corrected chi connectivity index (χ3v) is 7.30. The molecule has 0 aliphatic rings. The highest BCUT2D eigenvalue weighted by molar-refractivity contribution is 6.14. The van der Waals surface area contributed by atoms with Crippen LogP contribution in [-0.4, -0.2) is 14.5 Å². The van der Waals surface area contributed by atoms with Gasteiger partial charge in [-0.25, -0.2) is 9.97 Å². The van der Waals surface area contributed by atoms with Crippen LogP contribution in [0.1, 0.15) is 36.0 Å². The lowest BCUT2D eigenvalue weighted by Gasteiger charge is -2.16. The van der Waals surface area contributed by atoms with Gasteiger partial charge in [0.2, 0.25) is 5.71 Å². The molecule has 3 aromatic heterocycles. The number of nitrogens with zero attached hydrogens (tertiary/aromatic N) is 3. The van der Waals surface area contributed by atoms with Crippen molar-refractivity contribution in [1.29, 1.82) is 0 Å². The normalized spacial score (nSPS) is 14.6. The summed E-state index contributed by atoms with van der Waals surface area (Å²) in [6, 6.07) is 24.3. The van der Waals surface area contributed by atoms with Gasteiger partial charge in [0.15, 0.2) is 0 Å². The maximum atomic E-state index is 8.01. The number of benzene rings is 4. The molecule has 0 radical (unpaired) electrons. The quantitative estimate of drug-likeness (QED) is 0.236. The van der Waals surface area contributed by atoms with Gasteiger partial charge in [0.1, 0.15) is 11.4 Å². The van der Waals surface area contributed by atoms with Crippen LogP contribution in [-0.2, 0) is 0 Å². The smallest absolute Gasteiger partial charge is 0.227 e. The molecule has 4 heteroatoms. The second-order valence-corrected chi connectivity index (χ2v) is 10.1. The predicted octanol–water partition coefficient (Wildman–Crippen LogP) is 9.20. The van der Waals surface area contributed by atoms with Crippen LogP contribution < -0.4 is 0 Å². The monoisotopic (exact) mass is 513 g/mol. The number of imidazole rings is 1. The van der Waals surface area contributed by atoms with Gasteiger partial charge in [-0.05, 0) is 81.0 Å². The third-order valence-electron chi connectivity index (χ3n) is 7.30. The van der Waals surface area contributed by atoms with Crippen LogP contribution in [0.3, 0.4) is 0 Å². The van der Waals surface area contributed by atoms with Gasteiger partial charge in [-0.1, -0.05) is 71.3 Å². The summed E-state index contributed by atoms with van der Waals surface area (Å²) < 4.78 is 56.7. The van der Waals surface area contributed by atoms with E-state index in [9.17, 15) is 0 Å². The van der Waals surface area contributed by atoms with E-state index in [2.05, 4.69) is 48.5 Å². The van der Waals surface area contributed by atoms with E-state index in [1.165, 1.54) is 23.8 Å². The standard InChI is InChI=1S/C35H29N3O/c1-20-15-21(2)19-25(18-20)26-13-14-36-35-31(26)27-9-8-10-28(33(27)39-35)34-37-29-11-6-7-12-30(29)38(34)32-23(4)16-22(3)17-24(32)5/h6-19H,1-5H3/i1D3,2D3. The summed E-state index contributed by atoms with van der Waals surface area (Å²) in [5, 5.41) is 1.43. The molecule has 3 heterocycles. The molecular formula is C35H29N3O. The number of furan rings is 1. The van der Waals surface area contributed by atoms with Gasteiger partial charge in [0, 0.05) is 19.8 Å². The fraction of sp³-hybridized carbons (Fsp3) is 0.143. The fourth-order valence-electron chi connectivity index (χ4n) is 5.88. The van der Waals surface area contributed by atoms with Crippen molar-refractivity contribution in [2.24, 2.45) is 0 Å². The maximum absolute atomic E-state index is 8.01. The van der Waals surface area contributed by atoms with Crippen LogP contribution in [0.25, 0.3) is 61.3 Å². The van der Waals surface area contributed by atoms with Crippen molar-refractivity contribution in [3.8, 4) is 28.2 Å². The molecule has 0 atom stereocenters. The lowest BCUT2D eigenvalue weighted by molar-refractivity contribution is 0.654. The van der Waals surface area contributed by atoms with Crippen LogP contribution in [0.4, 0.5) is 0 Å². The van der Waals surface area contributed by atoms with E-state index in [1.807, 2.05) is 36.4 Å². The molecule has 0 spiro atoms. The molecule has 0 bridgehead atoms. The average molecular weight is 514 g/mol. The molecule has 7 aromatic rings. The van der Waals surface area contributed by atoms with E-state index in [1.54, 1.807) is 12.3 Å². The molecule has 0 aliphatic carbocycles. The minimum Gasteiger partial charge on any atom is -0.437 e. The van der Waals surface area contributed by atoms with Gasteiger partial charge < -0.3 is 4.42 Å². The van der Waals surface area contributed by atoms with Gasteiger partial charge in [0.25, 0.3) is 0 Å². The van der Waals surface area contributed by atoms with Crippen LogP contribution in [0.2, 0.25) is 0 Å². The Hall–Kier alpha value is -4.70. The fourth-order valence-corrected chi connectivity index (χ4v) is 5.88. The van der Waals surface area contributed by atoms with Crippen LogP contribution in [0.5, 0.6) is 0 Å². The molecular weight excluding hydrogens is 478 g/mol. The Morgan fingerprint density at radius 1 is 0.769 bits per heavy atom. The van der Waals surface area contributed by atoms with E-state index in [4.69, 9.17) is 17.6 Å². The zero-order valence-electron chi connectivity index (χ0n) is 27.8. The molecule has 4 aromatic carbocycles. The van der Waals surface area contributed by atoms with Gasteiger partial charge >= 0.3 is 0 Å². The molecule has 190 valence electrons. The minimum atomic E-state index is -2.49. The number of fused-ring (bicyclic) bond motifs is 4.